The Hall–Kier alpha value is -1.00. The third kappa shape index (κ3) is 5.53. The first-order chi connectivity index (χ1) is 15.0. The summed E-state index contributed by atoms with van der Waals surface area (Å²) in [5, 5.41) is 19.4. The Kier molecular flexibility index (Phi) is 8.95. The van der Waals surface area contributed by atoms with Crippen molar-refractivity contribution in [2.45, 2.75) is 87.8 Å². The van der Waals surface area contributed by atoms with E-state index >= 15 is 0 Å². The van der Waals surface area contributed by atoms with Crippen LogP contribution in [0.1, 0.15) is 39.5 Å². The minimum absolute atomic E-state index is 0.252. The molecule has 1 fully saturated rings. The standard InChI is InChI=1S/C18H24F12O4/c1-4-8(2)12(33-3)34-11-6-9(13(31,15(19,20)21)16(22,23)24)5-10(7-11)14(32,17(25,26)27)18(28,29)30/h8-12,31-32H,4-7H2,1-3H3. The van der Waals surface area contributed by atoms with E-state index in [0.29, 0.717) is 0 Å². The molecule has 204 valence electrons. The Morgan fingerprint density at radius 3 is 1.26 bits per heavy atom. The minimum Gasteiger partial charge on any atom is -0.373 e. The van der Waals surface area contributed by atoms with Crippen molar-refractivity contribution >= 4 is 0 Å². The molecule has 0 bridgehead atoms. The number of ether oxygens (including phenoxy) is 2. The molecule has 0 aromatic carbocycles. The van der Waals surface area contributed by atoms with Crippen molar-refractivity contribution in [3.63, 3.8) is 0 Å². The Balaban J connectivity index is 3.67. The van der Waals surface area contributed by atoms with Gasteiger partial charge >= 0.3 is 24.7 Å². The molecule has 1 aliphatic carbocycles. The molecule has 0 amide bonds. The predicted molar refractivity (Wildman–Crippen MR) is 90.1 cm³/mol. The van der Waals surface area contributed by atoms with Crippen molar-refractivity contribution in [2.24, 2.45) is 17.8 Å². The summed E-state index contributed by atoms with van der Waals surface area (Å²) in [6.07, 6.45) is -34.2. The van der Waals surface area contributed by atoms with Crippen LogP contribution in [0.4, 0.5) is 52.7 Å². The van der Waals surface area contributed by atoms with Gasteiger partial charge in [0.05, 0.1) is 6.10 Å². The SMILES string of the molecule is CCC(C)C(OC)OC1CC(C(O)(C(F)(F)F)C(F)(F)F)CC(C(O)(C(F)(F)F)C(F)(F)F)C1. The van der Waals surface area contributed by atoms with E-state index in [1.165, 1.54) is 6.92 Å². The summed E-state index contributed by atoms with van der Waals surface area (Å²) in [6.45, 7) is 3.00. The van der Waals surface area contributed by atoms with Crippen LogP contribution in [0, 0.1) is 17.8 Å². The van der Waals surface area contributed by atoms with E-state index < -0.39 is 85.3 Å². The van der Waals surface area contributed by atoms with Crippen LogP contribution in [0.3, 0.4) is 0 Å². The highest BCUT2D eigenvalue weighted by atomic mass is 19.4. The van der Waals surface area contributed by atoms with Crippen molar-refractivity contribution in [2.75, 3.05) is 7.11 Å². The Morgan fingerprint density at radius 2 is 1.03 bits per heavy atom. The molecule has 0 aromatic rings. The second-order valence-corrected chi connectivity index (χ2v) is 8.37. The van der Waals surface area contributed by atoms with Crippen molar-refractivity contribution in [1.82, 2.24) is 0 Å². The lowest BCUT2D eigenvalue weighted by atomic mass is 9.65. The minimum atomic E-state index is -6.52. The van der Waals surface area contributed by atoms with Gasteiger partial charge in [-0.2, -0.15) is 52.7 Å². The molecule has 0 saturated heterocycles. The Labute approximate surface area is 186 Å². The fourth-order valence-corrected chi connectivity index (χ4v) is 4.11. The molecule has 4 unspecified atom stereocenters. The summed E-state index contributed by atoms with van der Waals surface area (Å²) in [7, 11) is 0.998. The molecule has 34 heavy (non-hydrogen) atoms. The Morgan fingerprint density at radius 1 is 0.706 bits per heavy atom. The third-order valence-electron chi connectivity index (χ3n) is 6.24. The van der Waals surface area contributed by atoms with E-state index in [1.807, 2.05) is 0 Å². The third-order valence-corrected chi connectivity index (χ3v) is 6.24. The zero-order valence-electron chi connectivity index (χ0n) is 18.0. The smallest absolute Gasteiger partial charge is 0.373 e. The largest absolute Gasteiger partial charge is 0.426 e. The first-order valence-corrected chi connectivity index (χ1v) is 9.88. The lowest BCUT2D eigenvalue weighted by molar-refractivity contribution is -0.407. The topological polar surface area (TPSA) is 58.9 Å². The maximum Gasteiger partial charge on any atom is 0.426 e. The average Bonchev–Trinajstić information content (AvgIpc) is 2.66. The molecule has 0 spiro atoms. The number of hydrogen-bond acceptors (Lipinski definition) is 4. The molecule has 1 saturated carbocycles. The number of aliphatic hydroxyl groups is 2. The van der Waals surface area contributed by atoms with Crippen LogP contribution >= 0.6 is 0 Å². The van der Waals surface area contributed by atoms with Gasteiger partial charge in [0.15, 0.2) is 6.29 Å². The quantitative estimate of drug-likeness (QED) is 0.335. The van der Waals surface area contributed by atoms with Crippen molar-refractivity contribution < 1.29 is 72.4 Å². The fourth-order valence-electron chi connectivity index (χ4n) is 4.11. The zero-order chi connectivity index (χ0) is 27.1. The molecule has 1 aliphatic rings. The Bertz CT molecular complexity index is 596. The molecule has 0 aromatic heterocycles. The van der Waals surface area contributed by atoms with Gasteiger partial charge in [-0.1, -0.05) is 13.8 Å². The van der Waals surface area contributed by atoms with Crippen LogP contribution in [0.5, 0.6) is 0 Å². The number of alkyl halides is 12. The highest BCUT2D eigenvalue weighted by Crippen LogP contribution is 2.58. The predicted octanol–water partition coefficient (Wildman–Crippen LogP) is 5.52. The fraction of sp³-hybridized carbons (Fsp3) is 1.00. The van der Waals surface area contributed by atoms with Crippen LogP contribution in [-0.2, 0) is 9.47 Å². The van der Waals surface area contributed by atoms with E-state index in [-0.39, 0.29) is 6.42 Å². The first-order valence-electron chi connectivity index (χ1n) is 9.88. The molecule has 16 heteroatoms. The molecule has 0 heterocycles. The molecule has 0 aliphatic heterocycles. The van der Waals surface area contributed by atoms with E-state index in [0.717, 1.165) is 7.11 Å². The molecule has 4 atom stereocenters. The van der Waals surface area contributed by atoms with Gasteiger partial charge in [0.2, 0.25) is 0 Å². The summed E-state index contributed by atoms with van der Waals surface area (Å²) < 4.78 is 171. The molecule has 2 N–H and O–H groups in total. The van der Waals surface area contributed by atoms with Gasteiger partial charge < -0.3 is 19.7 Å². The monoisotopic (exact) mass is 532 g/mol. The number of rotatable bonds is 7. The lowest BCUT2D eigenvalue weighted by Crippen LogP contribution is -2.67. The van der Waals surface area contributed by atoms with Gasteiger partial charge in [-0.25, -0.2) is 0 Å². The van der Waals surface area contributed by atoms with Gasteiger partial charge in [-0.3, -0.25) is 0 Å². The second kappa shape index (κ2) is 9.81. The van der Waals surface area contributed by atoms with Gasteiger partial charge in [0, 0.05) is 24.9 Å². The molecule has 1 rings (SSSR count). The van der Waals surface area contributed by atoms with Crippen molar-refractivity contribution in [1.29, 1.82) is 0 Å². The van der Waals surface area contributed by atoms with Crippen LogP contribution in [0.25, 0.3) is 0 Å². The molecule has 0 radical (unpaired) electrons. The van der Waals surface area contributed by atoms with Gasteiger partial charge in [-0.15, -0.1) is 0 Å². The number of methoxy groups -OCH3 is 1. The summed E-state index contributed by atoms with van der Waals surface area (Å²) >= 11 is 0. The van der Waals surface area contributed by atoms with E-state index in [1.54, 1.807) is 6.92 Å². The van der Waals surface area contributed by atoms with Gasteiger partial charge in [0.1, 0.15) is 0 Å². The molecular formula is C18H24F12O4. The first kappa shape index (κ1) is 31.0. The van der Waals surface area contributed by atoms with Gasteiger partial charge in [-0.05, 0) is 25.7 Å². The lowest BCUT2D eigenvalue weighted by Gasteiger charge is -2.49. The summed E-state index contributed by atoms with van der Waals surface area (Å²) in [4.78, 5) is 0. The van der Waals surface area contributed by atoms with Crippen LogP contribution in [0.15, 0.2) is 0 Å². The summed E-state index contributed by atoms with van der Waals surface area (Å²) in [5.74, 6) is -7.14. The maximum absolute atomic E-state index is 13.4. The summed E-state index contributed by atoms with van der Waals surface area (Å²) in [6, 6.07) is 0. The second-order valence-electron chi connectivity index (χ2n) is 8.37. The highest BCUT2D eigenvalue weighted by molar-refractivity contribution is 5.08. The zero-order valence-corrected chi connectivity index (χ0v) is 18.0. The summed E-state index contributed by atoms with van der Waals surface area (Å²) in [5.41, 5.74) is -11.3. The van der Waals surface area contributed by atoms with E-state index in [4.69, 9.17) is 9.47 Å². The van der Waals surface area contributed by atoms with E-state index in [9.17, 15) is 62.9 Å². The van der Waals surface area contributed by atoms with Crippen LogP contribution in [0.2, 0.25) is 0 Å². The highest BCUT2D eigenvalue weighted by Gasteiger charge is 2.78. The molecular weight excluding hydrogens is 508 g/mol. The van der Waals surface area contributed by atoms with E-state index in [2.05, 4.69) is 0 Å². The molecule has 4 nitrogen and oxygen atoms in total. The maximum atomic E-state index is 13.4. The van der Waals surface area contributed by atoms with Crippen molar-refractivity contribution in [3.8, 4) is 0 Å². The van der Waals surface area contributed by atoms with Gasteiger partial charge in [0.25, 0.3) is 11.2 Å². The van der Waals surface area contributed by atoms with Crippen LogP contribution in [-0.4, -0.2) is 65.6 Å². The normalized spacial score (nSPS) is 25.9. The number of halogens is 12. The van der Waals surface area contributed by atoms with Crippen molar-refractivity contribution in [3.05, 3.63) is 0 Å². The number of hydrogen-bond donors (Lipinski definition) is 2. The van der Waals surface area contributed by atoms with Crippen LogP contribution < -0.4 is 0 Å². The average molecular weight is 532 g/mol.